The van der Waals surface area contributed by atoms with Crippen LogP contribution in [0.4, 0.5) is 10.1 Å². The van der Waals surface area contributed by atoms with Crippen LogP contribution in [0.5, 0.6) is 0 Å². The van der Waals surface area contributed by atoms with Crippen LogP contribution in [0.2, 0.25) is 0 Å². The summed E-state index contributed by atoms with van der Waals surface area (Å²) in [6.07, 6.45) is 0. The summed E-state index contributed by atoms with van der Waals surface area (Å²) in [6.45, 7) is 2.60. The van der Waals surface area contributed by atoms with Crippen LogP contribution in [0.3, 0.4) is 0 Å². The zero-order valence-electron chi connectivity index (χ0n) is 10.2. The molecule has 0 saturated carbocycles. The standard InChI is InChI=1S/C13H19FN2S/c1-15-10-12-8-11(9-14)2-3-13(12)16-4-6-17-7-5-16/h2-3,8,15H,4-7,9-10H2,1H3. The Labute approximate surface area is 107 Å². The predicted octanol–water partition coefficient (Wildman–Crippen LogP) is 2.43. The summed E-state index contributed by atoms with van der Waals surface area (Å²) in [6, 6.07) is 5.95. The summed E-state index contributed by atoms with van der Waals surface area (Å²) in [7, 11) is 1.93. The van der Waals surface area contributed by atoms with Crippen LogP contribution < -0.4 is 10.2 Å². The highest BCUT2D eigenvalue weighted by molar-refractivity contribution is 7.99. The van der Waals surface area contributed by atoms with Crippen LogP contribution in [0.15, 0.2) is 18.2 Å². The third-order valence-corrected chi connectivity index (χ3v) is 3.96. The van der Waals surface area contributed by atoms with Crippen molar-refractivity contribution in [3.8, 4) is 0 Å². The summed E-state index contributed by atoms with van der Waals surface area (Å²) in [5.41, 5.74) is 3.23. The molecule has 0 aromatic heterocycles. The molecule has 2 rings (SSSR count). The summed E-state index contributed by atoms with van der Waals surface area (Å²) < 4.78 is 12.7. The molecule has 1 aromatic rings. The lowest BCUT2D eigenvalue weighted by atomic mass is 10.1. The minimum Gasteiger partial charge on any atom is -0.370 e. The topological polar surface area (TPSA) is 15.3 Å². The van der Waals surface area contributed by atoms with Gasteiger partial charge in [0.05, 0.1) is 0 Å². The number of nitrogens with one attached hydrogen (secondary N) is 1. The zero-order valence-corrected chi connectivity index (χ0v) is 11.0. The lowest BCUT2D eigenvalue weighted by Crippen LogP contribution is -2.33. The molecule has 1 aliphatic rings. The van der Waals surface area contributed by atoms with E-state index in [0.29, 0.717) is 0 Å². The van der Waals surface area contributed by atoms with Gasteiger partial charge in [-0.2, -0.15) is 11.8 Å². The number of halogens is 1. The van der Waals surface area contributed by atoms with E-state index in [9.17, 15) is 4.39 Å². The largest absolute Gasteiger partial charge is 0.370 e. The monoisotopic (exact) mass is 254 g/mol. The van der Waals surface area contributed by atoms with Crippen molar-refractivity contribution >= 4 is 17.4 Å². The lowest BCUT2D eigenvalue weighted by molar-refractivity contribution is 0.485. The van der Waals surface area contributed by atoms with Gasteiger partial charge < -0.3 is 10.2 Å². The van der Waals surface area contributed by atoms with Gasteiger partial charge >= 0.3 is 0 Å². The highest BCUT2D eigenvalue weighted by Gasteiger charge is 2.14. The second kappa shape index (κ2) is 6.26. The first kappa shape index (κ1) is 12.7. The maximum Gasteiger partial charge on any atom is 0.115 e. The highest BCUT2D eigenvalue weighted by Crippen LogP contribution is 2.25. The molecular weight excluding hydrogens is 235 g/mol. The molecule has 0 unspecified atom stereocenters. The van der Waals surface area contributed by atoms with Crippen molar-refractivity contribution < 1.29 is 4.39 Å². The van der Waals surface area contributed by atoms with Gasteiger partial charge in [0.15, 0.2) is 0 Å². The molecule has 0 atom stereocenters. The van der Waals surface area contributed by atoms with E-state index in [4.69, 9.17) is 0 Å². The van der Waals surface area contributed by atoms with Gasteiger partial charge in [-0.25, -0.2) is 4.39 Å². The van der Waals surface area contributed by atoms with Gasteiger partial charge in [0.2, 0.25) is 0 Å². The molecule has 4 heteroatoms. The van der Waals surface area contributed by atoms with Crippen molar-refractivity contribution in [3.63, 3.8) is 0 Å². The quantitative estimate of drug-likeness (QED) is 0.888. The number of hydrogen-bond acceptors (Lipinski definition) is 3. The van der Waals surface area contributed by atoms with E-state index in [1.54, 1.807) is 0 Å². The molecule has 1 heterocycles. The minimum absolute atomic E-state index is 0.382. The van der Waals surface area contributed by atoms with Crippen LogP contribution in [0.25, 0.3) is 0 Å². The molecule has 1 aromatic carbocycles. The van der Waals surface area contributed by atoms with Gasteiger partial charge in [0, 0.05) is 36.8 Å². The maximum atomic E-state index is 12.7. The molecule has 1 fully saturated rings. The Bertz CT molecular complexity index is 364. The Morgan fingerprint density at radius 1 is 1.35 bits per heavy atom. The second-order valence-corrected chi connectivity index (χ2v) is 5.45. The van der Waals surface area contributed by atoms with E-state index >= 15 is 0 Å². The van der Waals surface area contributed by atoms with E-state index in [0.717, 1.165) is 25.2 Å². The molecule has 0 aliphatic carbocycles. The first-order valence-electron chi connectivity index (χ1n) is 6.00. The molecule has 1 saturated heterocycles. The van der Waals surface area contributed by atoms with Gasteiger partial charge in [-0.05, 0) is 30.3 Å². The van der Waals surface area contributed by atoms with Crippen molar-refractivity contribution in [3.05, 3.63) is 29.3 Å². The SMILES string of the molecule is CNCc1cc(CF)ccc1N1CCSCC1. The second-order valence-electron chi connectivity index (χ2n) is 4.23. The Balaban J connectivity index is 2.24. The number of alkyl halides is 1. The molecule has 94 valence electrons. The van der Waals surface area contributed by atoms with E-state index in [2.05, 4.69) is 16.3 Å². The summed E-state index contributed by atoms with van der Waals surface area (Å²) >= 11 is 2.00. The molecule has 1 N–H and O–H groups in total. The average molecular weight is 254 g/mol. The average Bonchev–Trinajstić information content (AvgIpc) is 2.40. The molecule has 0 spiro atoms. The van der Waals surface area contributed by atoms with Crippen LogP contribution in [0, 0.1) is 0 Å². The number of anilines is 1. The van der Waals surface area contributed by atoms with Gasteiger partial charge in [0.25, 0.3) is 0 Å². The third kappa shape index (κ3) is 3.13. The normalized spacial score (nSPS) is 16.2. The van der Waals surface area contributed by atoms with Crippen LogP contribution in [-0.4, -0.2) is 31.6 Å². The van der Waals surface area contributed by atoms with Crippen LogP contribution in [-0.2, 0) is 13.2 Å². The van der Waals surface area contributed by atoms with Crippen LogP contribution >= 0.6 is 11.8 Å². The van der Waals surface area contributed by atoms with Gasteiger partial charge in [-0.1, -0.05) is 6.07 Å². The zero-order chi connectivity index (χ0) is 12.1. The molecule has 0 radical (unpaired) electrons. The van der Waals surface area contributed by atoms with Gasteiger partial charge in [-0.3, -0.25) is 0 Å². The molecule has 2 nitrogen and oxygen atoms in total. The number of hydrogen-bond donors (Lipinski definition) is 1. The van der Waals surface area contributed by atoms with E-state index in [-0.39, 0.29) is 6.67 Å². The van der Waals surface area contributed by atoms with E-state index in [1.165, 1.54) is 22.8 Å². The van der Waals surface area contributed by atoms with Crippen LogP contribution in [0.1, 0.15) is 11.1 Å². The molecular formula is C13H19FN2S. The Morgan fingerprint density at radius 3 is 2.76 bits per heavy atom. The smallest absolute Gasteiger partial charge is 0.115 e. The first-order chi connectivity index (χ1) is 8.35. The van der Waals surface area contributed by atoms with Gasteiger partial charge in [0.1, 0.15) is 6.67 Å². The fourth-order valence-electron chi connectivity index (χ4n) is 2.17. The highest BCUT2D eigenvalue weighted by atomic mass is 32.2. The summed E-state index contributed by atoms with van der Waals surface area (Å²) in [4.78, 5) is 2.41. The number of benzene rings is 1. The number of nitrogens with zero attached hydrogens (tertiary/aromatic N) is 1. The van der Waals surface area contributed by atoms with Gasteiger partial charge in [-0.15, -0.1) is 0 Å². The Morgan fingerprint density at radius 2 is 2.12 bits per heavy atom. The van der Waals surface area contributed by atoms with Crippen molar-refractivity contribution in [1.29, 1.82) is 0 Å². The van der Waals surface area contributed by atoms with Crippen molar-refractivity contribution in [2.24, 2.45) is 0 Å². The molecule has 17 heavy (non-hydrogen) atoms. The Kier molecular flexibility index (Phi) is 4.68. The predicted molar refractivity (Wildman–Crippen MR) is 73.6 cm³/mol. The van der Waals surface area contributed by atoms with Crippen molar-refractivity contribution in [2.45, 2.75) is 13.2 Å². The first-order valence-corrected chi connectivity index (χ1v) is 7.15. The minimum atomic E-state index is -0.382. The fraction of sp³-hybridized carbons (Fsp3) is 0.538. The number of rotatable bonds is 4. The van der Waals surface area contributed by atoms with Crippen molar-refractivity contribution in [2.75, 3.05) is 36.5 Å². The molecule has 0 bridgehead atoms. The Hall–Kier alpha value is -0.740. The summed E-state index contributed by atoms with van der Waals surface area (Å²) in [5.74, 6) is 2.37. The summed E-state index contributed by atoms with van der Waals surface area (Å²) in [5, 5.41) is 3.16. The van der Waals surface area contributed by atoms with Crippen molar-refractivity contribution in [1.82, 2.24) is 5.32 Å². The lowest BCUT2D eigenvalue weighted by Gasteiger charge is -2.30. The maximum absolute atomic E-state index is 12.7. The molecule has 1 aliphatic heterocycles. The van der Waals surface area contributed by atoms with E-state index < -0.39 is 0 Å². The number of thioether (sulfide) groups is 1. The molecule has 0 amide bonds. The fourth-order valence-corrected chi connectivity index (χ4v) is 3.07. The van der Waals surface area contributed by atoms with E-state index in [1.807, 2.05) is 30.9 Å². The third-order valence-electron chi connectivity index (χ3n) is 3.02.